The van der Waals surface area contributed by atoms with Gasteiger partial charge in [-0.25, -0.2) is 10.6 Å². The molecule has 6 heteroatoms. The molecule has 2 atom stereocenters. The molecule has 4 N–H and O–H groups in total. The van der Waals surface area contributed by atoms with Crippen LogP contribution in [0.25, 0.3) is 0 Å². The first-order valence-electron chi connectivity index (χ1n) is 7.94. The summed E-state index contributed by atoms with van der Waals surface area (Å²) in [7, 11) is 0. The van der Waals surface area contributed by atoms with Crippen LogP contribution < -0.4 is 16.6 Å². The van der Waals surface area contributed by atoms with Crippen LogP contribution in [0.3, 0.4) is 0 Å². The molecule has 0 fully saturated rings. The number of rotatable bonds is 2. The zero-order valence-corrected chi connectivity index (χ0v) is 14.0. The first-order chi connectivity index (χ1) is 10.9. The van der Waals surface area contributed by atoms with Crippen LogP contribution >= 0.6 is 0 Å². The Morgan fingerprint density at radius 3 is 2.57 bits per heavy atom. The van der Waals surface area contributed by atoms with Crippen LogP contribution in [0.4, 0.5) is 4.79 Å². The van der Waals surface area contributed by atoms with Crippen molar-refractivity contribution in [1.29, 1.82) is 0 Å². The number of benzene rings is 1. The number of amides is 1. The lowest BCUT2D eigenvalue weighted by molar-refractivity contribution is 0.0515. The molecule has 1 aliphatic rings. The van der Waals surface area contributed by atoms with Crippen molar-refractivity contribution in [2.75, 3.05) is 6.54 Å². The second-order valence-electron chi connectivity index (χ2n) is 6.75. The third-order valence-corrected chi connectivity index (χ3v) is 3.73. The van der Waals surface area contributed by atoms with Crippen LogP contribution in [-0.4, -0.2) is 30.1 Å². The lowest BCUT2D eigenvalue weighted by Crippen LogP contribution is -2.49. The molecule has 6 nitrogen and oxygen atoms in total. The quantitative estimate of drug-likeness (QED) is 0.577. The Bertz CT molecular complexity index is 551. The van der Waals surface area contributed by atoms with E-state index in [1.807, 2.05) is 39.0 Å². The van der Waals surface area contributed by atoms with E-state index < -0.39 is 11.7 Å². The fourth-order valence-electron chi connectivity index (χ4n) is 2.65. The minimum absolute atomic E-state index is 0.261. The van der Waals surface area contributed by atoms with Crippen molar-refractivity contribution in [3.63, 3.8) is 0 Å². The highest BCUT2D eigenvalue weighted by Gasteiger charge is 2.26. The summed E-state index contributed by atoms with van der Waals surface area (Å²) in [4.78, 5) is 16.5. The van der Waals surface area contributed by atoms with Crippen molar-refractivity contribution in [2.24, 2.45) is 10.8 Å². The number of amidine groups is 1. The predicted molar refractivity (Wildman–Crippen MR) is 91.2 cm³/mol. The molecular formula is C17H26N4O2. The summed E-state index contributed by atoms with van der Waals surface area (Å²) >= 11 is 0. The number of nitrogens with two attached hydrogens (primary N) is 1. The van der Waals surface area contributed by atoms with Gasteiger partial charge in [0.1, 0.15) is 11.4 Å². The van der Waals surface area contributed by atoms with Crippen molar-refractivity contribution < 1.29 is 9.53 Å². The molecule has 0 saturated heterocycles. The largest absolute Gasteiger partial charge is 0.444 e. The van der Waals surface area contributed by atoms with Gasteiger partial charge in [0.25, 0.3) is 0 Å². The second-order valence-corrected chi connectivity index (χ2v) is 6.75. The highest BCUT2D eigenvalue weighted by atomic mass is 16.6. The topological polar surface area (TPSA) is 88.7 Å². The van der Waals surface area contributed by atoms with Gasteiger partial charge in [0.05, 0.1) is 6.04 Å². The molecule has 1 heterocycles. The van der Waals surface area contributed by atoms with E-state index in [2.05, 4.69) is 27.9 Å². The minimum atomic E-state index is -0.533. The smallest absolute Gasteiger partial charge is 0.408 e. The molecule has 0 aromatic heterocycles. The van der Waals surface area contributed by atoms with Crippen molar-refractivity contribution in [1.82, 2.24) is 10.7 Å². The number of nitrogens with zero attached hydrogens (tertiary/aromatic N) is 1. The number of hydrogen-bond acceptors (Lipinski definition) is 5. The number of hydrogen-bond donors (Lipinski definition) is 3. The molecule has 23 heavy (non-hydrogen) atoms. The maximum Gasteiger partial charge on any atom is 0.408 e. The van der Waals surface area contributed by atoms with Crippen LogP contribution in [0.15, 0.2) is 35.3 Å². The van der Waals surface area contributed by atoms with Gasteiger partial charge >= 0.3 is 6.09 Å². The highest BCUT2D eigenvalue weighted by Crippen LogP contribution is 2.25. The Kier molecular flexibility index (Phi) is 5.60. The molecule has 1 aromatic rings. The average molecular weight is 318 g/mol. The van der Waals surface area contributed by atoms with Crippen LogP contribution in [0.2, 0.25) is 0 Å². The lowest BCUT2D eigenvalue weighted by atomic mass is 9.93. The highest BCUT2D eigenvalue weighted by molar-refractivity contribution is 5.90. The molecule has 0 unspecified atom stereocenters. The summed E-state index contributed by atoms with van der Waals surface area (Å²) in [6.07, 6.45) is 1.21. The van der Waals surface area contributed by atoms with Crippen molar-refractivity contribution in [2.45, 2.75) is 51.2 Å². The first-order valence-corrected chi connectivity index (χ1v) is 7.94. The van der Waals surface area contributed by atoms with Gasteiger partial charge in [-0.2, -0.15) is 0 Å². The Balaban J connectivity index is 2.03. The number of carbonyl (C=O) groups is 1. The van der Waals surface area contributed by atoms with Crippen molar-refractivity contribution in [3.05, 3.63) is 35.9 Å². The van der Waals surface area contributed by atoms with Gasteiger partial charge < -0.3 is 15.5 Å². The van der Waals surface area contributed by atoms with Gasteiger partial charge in [0.15, 0.2) is 0 Å². The molecule has 0 bridgehead atoms. The number of hydrazine groups is 1. The zero-order valence-electron chi connectivity index (χ0n) is 14.0. The molecule has 0 radical (unpaired) electrons. The standard InChI is InChI=1S/C17H26N4O2/c1-17(2,3)23-16(22)20-14-10-9-13(11-19-15(14)21-18)12-7-5-4-6-8-12/h4-8,13-14H,9-11,18H2,1-3H3,(H,19,21)(H,20,22)/t13-,14-/m1/s1. The van der Waals surface area contributed by atoms with Gasteiger partial charge in [0, 0.05) is 12.5 Å². The van der Waals surface area contributed by atoms with E-state index >= 15 is 0 Å². The van der Waals surface area contributed by atoms with Gasteiger partial charge in [-0.3, -0.25) is 4.99 Å². The molecule has 1 aliphatic heterocycles. The average Bonchev–Trinajstić information content (AvgIpc) is 2.68. The van der Waals surface area contributed by atoms with E-state index in [1.54, 1.807) is 0 Å². The van der Waals surface area contributed by atoms with E-state index in [1.165, 1.54) is 5.56 Å². The van der Waals surface area contributed by atoms with Crippen molar-refractivity contribution in [3.8, 4) is 0 Å². The van der Waals surface area contributed by atoms with Crippen LogP contribution in [0.1, 0.15) is 45.1 Å². The first kappa shape index (κ1) is 17.3. The fraction of sp³-hybridized carbons (Fsp3) is 0.529. The zero-order chi connectivity index (χ0) is 16.9. The Morgan fingerprint density at radius 1 is 1.26 bits per heavy atom. The van der Waals surface area contributed by atoms with Crippen LogP contribution in [-0.2, 0) is 4.74 Å². The molecule has 1 amide bonds. The third-order valence-electron chi connectivity index (χ3n) is 3.73. The number of alkyl carbamates (subject to hydrolysis) is 1. The Morgan fingerprint density at radius 2 is 1.96 bits per heavy atom. The SMILES string of the molecule is CC(C)(C)OC(=O)N[C@@H]1CC[C@@H](c2ccccc2)CN=C1NN. The summed E-state index contributed by atoms with van der Waals surface area (Å²) in [5.41, 5.74) is 3.34. The summed E-state index contributed by atoms with van der Waals surface area (Å²) in [5.74, 6) is 6.49. The molecular weight excluding hydrogens is 292 g/mol. The van der Waals surface area contributed by atoms with E-state index in [9.17, 15) is 4.79 Å². The van der Waals surface area contributed by atoms with Gasteiger partial charge in [-0.15, -0.1) is 0 Å². The van der Waals surface area contributed by atoms with E-state index in [4.69, 9.17) is 10.6 Å². The normalized spacial score (nSPS) is 21.8. The van der Waals surface area contributed by atoms with E-state index in [-0.39, 0.29) is 6.04 Å². The molecule has 0 saturated carbocycles. The molecule has 0 aliphatic carbocycles. The van der Waals surface area contributed by atoms with E-state index in [0.717, 1.165) is 12.8 Å². The molecule has 0 spiro atoms. The second kappa shape index (κ2) is 7.46. The number of aliphatic imine (C=N–C) groups is 1. The van der Waals surface area contributed by atoms with Gasteiger partial charge in [0.2, 0.25) is 0 Å². The molecule has 2 rings (SSSR count). The summed E-state index contributed by atoms with van der Waals surface area (Å²) in [6.45, 7) is 6.15. The van der Waals surface area contributed by atoms with Gasteiger partial charge in [-0.1, -0.05) is 30.3 Å². The number of nitrogens with one attached hydrogen (secondary N) is 2. The summed E-state index contributed by atoms with van der Waals surface area (Å²) in [5, 5.41) is 2.85. The summed E-state index contributed by atoms with van der Waals surface area (Å²) in [6, 6.07) is 10.0. The third kappa shape index (κ3) is 5.25. The van der Waals surface area contributed by atoms with Crippen LogP contribution in [0.5, 0.6) is 0 Å². The number of carbonyl (C=O) groups excluding carboxylic acids is 1. The predicted octanol–water partition coefficient (Wildman–Crippen LogP) is 2.32. The Labute approximate surface area is 137 Å². The Hall–Kier alpha value is -2.08. The maximum absolute atomic E-state index is 12.0. The molecule has 1 aromatic carbocycles. The van der Waals surface area contributed by atoms with Crippen LogP contribution in [0, 0.1) is 0 Å². The van der Waals surface area contributed by atoms with Gasteiger partial charge in [-0.05, 0) is 39.2 Å². The van der Waals surface area contributed by atoms with Crippen molar-refractivity contribution >= 4 is 11.9 Å². The number of ether oxygens (including phenoxy) is 1. The maximum atomic E-state index is 12.0. The molecule has 126 valence electrons. The fourth-order valence-corrected chi connectivity index (χ4v) is 2.65. The minimum Gasteiger partial charge on any atom is -0.444 e. The van der Waals surface area contributed by atoms with E-state index in [0.29, 0.717) is 18.3 Å². The lowest BCUT2D eigenvalue weighted by Gasteiger charge is -2.23. The monoisotopic (exact) mass is 318 g/mol. The summed E-state index contributed by atoms with van der Waals surface area (Å²) < 4.78 is 5.31.